The van der Waals surface area contributed by atoms with E-state index in [2.05, 4.69) is 25.4 Å². The van der Waals surface area contributed by atoms with Gasteiger partial charge in [-0.25, -0.2) is 20.8 Å². The van der Waals surface area contributed by atoms with Crippen LogP contribution in [-0.2, 0) is 0 Å². The van der Waals surface area contributed by atoms with Gasteiger partial charge < -0.3 is 11.5 Å². The molecule has 110 valence electrons. The minimum absolute atomic E-state index is 0.0328. The average Bonchev–Trinajstić information content (AvgIpc) is 2.36. The molecule has 12 heteroatoms. The van der Waals surface area contributed by atoms with E-state index in [1.54, 1.807) is 0 Å². The molecule has 0 radical (unpaired) electrons. The normalized spacial score (nSPS) is 10.4. The van der Waals surface area contributed by atoms with Crippen LogP contribution in [0.2, 0.25) is 0 Å². The van der Waals surface area contributed by atoms with E-state index in [1.165, 1.54) is 13.0 Å². The first-order valence-electron chi connectivity index (χ1n) is 5.48. The highest BCUT2D eigenvalue weighted by Gasteiger charge is 2.24. The monoisotopic (exact) mass is 309 g/mol. The summed E-state index contributed by atoms with van der Waals surface area (Å²) >= 11 is 0.844. The molecule has 0 aromatic carbocycles. The Hall–Kier alpha value is -2.73. The van der Waals surface area contributed by atoms with E-state index in [-0.39, 0.29) is 39.1 Å². The van der Waals surface area contributed by atoms with Crippen molar-refractivity contribution in [3.05, 3.63) is 21.9 Å². The predicted molar refractivity (Wildman–Crippen MR) is 76.2 cm³/mol. The lowest BCUT2D eigenvalue weighted by Gasteiger charge is -2.06. The average molecular weight is 309 g/mol. The molecule has 2 aromatic heterocycles. The number of nitro groups is 1. The molecule has 0 aliphatic rings. The van der Waals surface area contributed by atoms with Gasteiger partial charge in [0.1, 0.15) is 17.3 Å². The highest BCUT2D eigenvalue weighted by Crippen LogP contribution is 2.34. The number of hydrogen-bond donors (Lipinski definition) is 4. The molecule has 11 nitrogen and oxygen atoms in total. The molecule has 0 saturated heterocycles. The van der Waals surface area contributed by atoms with Crippen molar-refractivity contribution in [2.45, 2.75) is 17.1 Å². The molecular formula is C9H11N9O2S. The van der Waals surface area contributed by atoms with E-state index in [9.17, 15) is 10.1 Å². The topological polar surface area (TPSA) is 185 Å². The Morgan fingerprint density at radius 3 is 2.38 bits per heavy atom. The third-order valence-electron chi connectivity index (χ3n) is 2.27. The van der Waals surface area contributed by atoms with Gasteiger partial charge >= 0.3 is 5.69 Å². The molecule has 0 bridgehead atoms. The summed E-state index contributed by atoms with van der Waals surface area (Å²) in [4.78, 5) is 26.2. The quantitative estimate of drug-likeness (QED) is 0.197. The molecule has 0 atom stereocenters. The fourth-order valence-corrected chi connectivity index (χ4v) is 2.41. The second-order valence-electron chi connectivity index (χ2n) is 3.79. The van der Waals surface area contributed by atoms with Crippen LogP contribution in [0.25, 0.3) is 0 Å². The largest absolute Gasteiger partial charge is 0.383 e. The summed E-state index contributed by atoms with van der Waals surface area (Å²) in [6.07, 6.45) is 0. The highest BCUT2D eigenvalue weighted by molar-refractivity contribution is 7.99. The molecule has 7 N–H and O–H groups in total. The molecule has 2 heterocycles. The molecule has 0 aliphatic carbocycles. The van der Waals surface area contributed by atoms with Crippen molar-refractivity contribution in [3.8, 4) is 0 Å². The van der Waals surface area contributed by atoms with E-state index in [1.807, 2.05) is 0 Å². The zero-order valence-electron chi connectivity index (χ0n) is 10.8. The fourth-order valence-electron chi connectivity index (χ4n) is 1.48. The van der Waals surface area contributed by atoms with Gasteiger partial charge in [0.15, 0.2) is 10.2 Å². The summed E-state index contributed by atoms with van der Waals surface area (Å²) in [7, 11) is 0. The number of nitrogen functional groups attached to an aromatic ring is 3. The minimum atomic E-state index is -0.590. The molecule has 2 aromatic rings. The molecule has 21 heavy (non-hydrogen) atoms. The van der Waals surface area contributed by atoms with Gasteiger partial charge in [-0.3, -0.25) is 15.5 Å². The van der Waals surface area contributed by atoms with E-state index >= 15 is 0 Å². The van der Waals surface area contributed by atoms with Crippen molar-refractivity contribution in [2.75, 3.05) is 16.9 Å². The lowest BCUT2D eigenvalue weighted by atomic mass is 10.4. The first-order valence-corrected chi connectivity index (χ1v) is 6.30. The fraction of sp³-hybridized carbons (Fsp3) is 0.111. The van der Waals surface area contributed by atoms with Crippen molar-refractivity contribution < 1.29 is 4.92 Å². The summed E-state index contributed by atoms with van der Waals surface area (Å²) in [6, 6.07) is 1.37. The predicted octanol–water partition coefficient (Wildman–Crippen LogP) is 0.0844. The molecule has 0 unspecified atom stereocenters. The van der Waals surface area contributed by atoms with Crippen molar-refractivity contribution in [1.82, 2.24) is 19.9 Å². The Morgan fingerprint density at radius 1 is 1.24 bits per heavy atom. The molecule has 0 fully saturated rings. The van der Waals surface area contributed by atoms with E-state index < -0.39 is 4.92 Å². The van der Waals surface area contributed by atoms with E-state index in [0.717, 1.165) is 11.8 Å². The molecule has 0 amide bonds. The van der Waals surface area contributed by atoms with Crippen LogP contribution in [0.3, 0.4) is 0 Å². The van der Waals surface area contributed by atoms with Crippen LogP contribution in [0, 0.1) is 17.0 Å². The number of rotatable bonds is 4. The van der Waals surface area contributed by atoms with Crippen LogP contribution in [0.4, 0.5) is 23.3 Å². The van der Waals surface area contributed by atoms with Crippen LogP contribution in [0.15, 0.2) is 16.2 Å². The number of anilines is 3. The summed E-state index contributed by atoms with van der Waals surface area (Å²) in [6.45, 7) is 1.47. The number of hydrogen-bond acceptors (Lipinski definition) is 11. The number of hydrazine groups is 1. The first kappa shape index (κ1) is 14.7. The SMILES string of the molecule is Cc1nc(NN)nc(Sc2nc(N)cc(N)n2)c1[N+](=O)[O-]. The van der Waals surface area contributed by atoms with Crippen LogP contribution >= 0.6 is 11.8 Å². The molecule has 0 aliphatic heterocycles. The van der Waals surface area contributed by atoms with Crippen molar-refractivity contribution >= 4 is 35.0 Å². The van der Waals surface area contributed by atoms with Gasteiger partial charge in [-0.1, -0.05) is 0 Å². The second kappa shape index (κ2) is 5.72. The van der Waals surface area contributed by atoms with Gasteiger partial charge in [-0.15, -0.1) is 0 Å². The minimum Gasteiger partial charge on any atom is -0.383 e. The maximum Gasteiger partial charge on any atom is 0.322 e. The smallest absolute Gasteiger partial charge is 0.322 e. The summed E-state index contributed by atoms with van der Waals surface area (Å²) < 4.78 is 0. The number of aromatic nitrogens is 4. The van der Waals surface area contributed by atoms with Crippen LogP contribution in [0.1, 0.15) is 5.69 Å². The summed E-state index contributed by atoms with van der Waals surface area (Å²) in [5.74, 6) is 5.57. The Kier molecular flexibility index (Phi) is 4.00. The van der Waals surface area contributed by atoms with Crippen molar-refractivity contribution in [3.63, 3.8) is 0 Å². The molecule has 0 spiro atoms. The number of nitrogens with one attached hydrogen (secondary N) is 1. The molecule has 2 rings (SSSR count). The third-order valence-corrected chi connectivity index (χ3v) is 3.11. The Balaban J connectivity index is 2.51. The number of nitrogens with two attached hydrogens (primary N) is 3. The van der Waals surface area contributed by atoms with Gasteiger partial charge in [0.25, 0.3) is 0 Å². The first-order chi connectivity index (χ1) is 9.90. The number of nitrogens with zero attached hydrogens (tertiary/aromatic N) is 5. The molecule has 0 saturated carbocycles. The lowest BCUT2D eigenvalue weighted by Crippen LogP contribution is -2.13. The Labute approximate surface area is 122 Å². The van der Waals surface area contributed by atoms with E-state index in [4.69, 9.17) is 17.3 Å². The van der Waals surface area contributed by atoms with E-state index in [0.29, 0.717) is 0 Å². The zero-order valence-corrected chi connectivity index (χ0v) is 11.6. The van der Waals surface area contributed by atoms with Gasteiger partial charge in [-0.05, 0) is 18.7 Å². The highest BCUT2D eigenvalue weighted by atomic mass is 32.2. The van der Waals surface area contributed by atoms with Gasteiger partial charge in [0.05, 0.1) is 4.92 Å². The molecular weight excluding hydrogens is 298 g/mol. The van der Waals surface area contributed by atoms with Crippen LogP contribution in [-0.4, -0.2) is 24.9 Å². The number of aryl methyl sites for hydroxylation is 1. The zero-order chi connectivity index (χ0) is 15.6. The summed E-state index contributed by atoms with van der Waals surface area (Å²) in [5, 5.41) is 11.3. The maximum atomic E-state index is 11.1. The Bertz CT molecular complexity index is 688. The van der Waals surface area contributed by atoms with Crippen LogP contribution < -0.4 is 22.7 Å². The maximum absolute atomic E-state index is 11.1. The summed E-state index contributed by atoms with van der Waals surface area (Å²) in [5.41, 5.74) is 13.2. The lowest BCUT2D eigenvalue weighted by molar-refractivity contribution is -0.389. The third kappa shape index (κ3) is 3.24. The Morgan fingerprint density at radius 2 is 1.86 bits per heavy atom. The standard InChI is InChI=1S/C9H11N9O2S/c1-3-6(18(19)20)7(16-8(13-3)17-12)21-9-14-4(10)2-5(11)15-9/h2H,12H2,1H3,(H,13,16,17)(H4,10,11,14,15). The van der Waals surface area contributed by atoms with Gasteiger partial charge in [0.2, 0.25) is 5.95 Å². The second-order valence-corrected chi connectivity index (χ2v) is 4.75. The van der Waals surface area contributed by atoms with Crippen molar-refractivity contribution in [1.29, 1.82) is 0 Å². The van der Waals surface area contributed by atoms with Gasteiger partial charge in [0, 0.05) is 6.07 Å². The van der Waals surface area contributed by atoms with Gasteiger partial charge in [-0.2, -0.15) is 4.98 Å². The van der Waals surface area contributed by atoms with Crippen molar-refractivity contribution in [2.24, 2.45) is 5.84 Å². The van der Waals surface area contributed by atoms with Crippen LogP contribution in [0.5, 0.6) is 0 Å².